The normalized spacial score (nSPS) is 29.1. The first-order valence-corrected chi connectivity index (χ1v) is 5.90. The van der Waals surface area contributed by atoms with Crippen LogP contribution in [-0.4, -0.2) is 36.6 Å². The predicted octanol–water partition coefficient (Wildman–Crippen LogP) is 1.73. The molecule has 1 atom stereocenters. The molecule has 84 valence electrons. The molecule has 2 heterocycles. The number of hydrogen-bond donors (Lipinski definition) is 0. The van der Waals surface area contributed by atoms with Crippen molar-refractivity contribution in [3.8, 4) is 0 Å². The molecule has 2 saturated heterocycles. The summed E-state index contributed by atoms with van der Waals surface area (Å²) in [6, 6.07) is 0.694. The molecule has 0 spiro atoms. The van der Waals surface area contributed by atoms with E-state index in [2.05, 4.69) is 4.90 Å². The molecule has 2 rings (SSSR count). The molecular weight excluding hydrogens is 190 g/mol. The van der Waals surface area contributed by atoms with Crippen molar-refractivity contribution in [3.63, 3.8) is 0 Å². The van der Waals surface area contributed by atoms with E-state index in [0.29, 0.717) is 12.6 Å². The Balaban J connectivity index is 1.91. The lowest BCUT2D eigenvalue weighted by Crippen LogP contribution is -2.35. The van der Waals surface area contributed by atoms with Gasteiger partial charge in [-0.15, -0.1) is 0 Å². The maximum Gasteiger partial charge on any atom is 0.330 e. The smallest absolute Gasteiger partial charge is 0.330 e. The van der Waals surface area contributed by atoms with Gasteiger partial charge in [0.2, 0.25) is 0 Å². The van der Waals surface area contributed by atoms with Gasteiger partial charge in [0.25, 0.3) is 0 Å². The van der Waals surface area contributed by atoms with E-state index in [1.54, 1.807) is 6.08 Å². The van der Waals surface area contributed by atoms with Gasteiger partial charge in [0.05, 0.1) is 6.61 Å². The Kier molecular flexibility index (Phi) is 3.41. The lowest BCUT2D eigenvalue weighted by atomic mass is 9.97. The second-order valence-corrected chi connectivity index (χ2v) is 4.34. The Labute approximate surface area is 91.1 Å². The highest BCUT2D eigenvalue weighted by molar-refractivity contribution is 5.82. The van der Waals surface area contributed by atoms with Crippen LogP contribution in [0, 0.1) is 0 Å². The molecular formula is C12H19NO2. The summed E-state index contributed by atoms with van der Waals surface area (Å²) >= 11 is 0. The van der Waals surface area contributed by atoms with E-state index in [9.17, 15) is 4.79 Å². The molecule has 0 saturated carbocycles. The first-order chi connectivity index (χ1) is 7.29. The van der Waals surface area contributed by atoms with Crippen molar-refractivity contribution in [1.29, 1.82) is 0 Å². The fourth-order valence-electron chi connectivity index (χ4n) is 2.59. The summed E-state index contributed by atoms with van der Waals surface area (Å²) in [5.74, 6) is -0.168. The van der Waals surface area contributed by atoms with Crippen LogP contribution in [0.1, 0.15) is 32.6 Å². The van der Waals surface area contributed by atoms with Gasteiger partial charge in [-0.1, -0.05) is 5.57 Å². The average Bonchev–Trinajstić information content (AvgIpc) is 2.65. The van der Waals surface area contributed by atoms with Crippen molar-refractivity contribution >= 4 is 5.97 Å². The number of piperidine rings is 1. The van der Waals surface area contributed by atoms with E-state index >= 15 is 0 Å². The molecule has 0 bridgehead atoms. The van der Waals surface area contributed by atoms with Crippen LogP contribution in [0.2, 0.25) is 0 Å². The Morgan fingerprint density at radius 1 is 1.60 bits per heavy atom. The largest absolute Gasteiger partial charge is 0.463 e. The first-order valence-electron chi connectivity index (χ1n) is 5.90. The summed E-state index contributed by atoms with van der Waals surface area (Å²) in [7, 11) is 0. The number of hydrogen-bond acceptors (Lipinski definition) is 3. The van der Waals surface area contributed by atoms with E-state index in [0.717, 1.165) is 19.4 Å². The van der Waals surface area contributed by atoms with Crippen molar-refractivity contribution in [3.05, 3.63) is 11.6 Å². The number of carbonyl (C=O) groups is 1. The predicted molar refractivity (Wildman–Crippen MR) is 58.5 cm³/mol. The van der Waals surface area contributed by atoms with Crippen LogP contribution in [-0.2, 0) is 9.53 Å². The lowest BCUT2D eigenvalue weighted by molar-refractivity contribution is -0.137. The van der Waals surface area contributed by atoms with Gasteiger partial charge in [0.1, 0.15) is 0 Å². The third-order valence-corrected chi connectivity index (χ3v) is 3.33. The van der Waals surface area contributed by atoms with Gasteiger partial charge >= 0.3 is 5.97 Å². The molecule has 15 heavy (non-hydrogen) atoms. The second-order valence-electron chi connectivity index (χ2n) is 4.34. The Hall–Kier alpha value is -0.830. The first kappa shape index (κ1) is 10.7. The van der Waals surface area contributed by atoms with Crippen molar-refractivity contribution in [2.45, 2.75) is 38.6 Å². The molecule has 0 aliphatic carbocycles. The van der Waals surface area contributed by atoms with Crippen LogP contribution in [0.3, 0.4) is 0 Å². The van der Waals surface area contributed by atoms with E-state index in [1.165, 1.54) is 25.0 Å². The number of carbonyl (C=O) groups excluding carboxylic acids is 1. The van der Waals surface area contributed by atoms with Crippen LogP contribution in [0.4, 0.5) is 0 Å². The summed E-state index contributed by atoms with van der Waals surface area (Å²) < 4.78 is 4.93. The monoisotopic (exact) mass is 209 g/mol. The van der Waals surface area contributed by atoms with E-state index < -0.39 is 0 Å². The lowest BCUT2D eigenvalue weighted by Gasteiger charge is -2.30. The van der Waals surface area contributed by atoms with Gasteiger partial charge < -0.3 is 4.74 Å². The summed E-state index contributed by atoms with van der Waals surface area (Å²) in [5.41, 5.74) is 1.27. The molecule has 0 aromatic carbocycles. The van der Waals surface area contributed by atoms with E-state index in [-0.39, 0.29) is 5.97 Å². The summed E-state index contributed by atoms with van der Waals surface area (Å²) in [4.78, 5) is 13.8. The third kappa shape index (κ3) is 2.59. The second kappa shape index (κ2) is 4.79. The van der Waals surface area contributed by atoms with Gasteiger partial charge in [-0.2, -0.15) is 0 Å². The fraction of sp³-hybridized carbons (Fsp3) is 0.750. The van der Waals surface area contributed by atoms with Gasteiger partial charge in [0.15, 0.2) is 0 Å². The topological polar surface area (TPSA) is 29.5 Å². The van der Waals surface area contributed by atoms with Crippen LogP contribution in [0.5, 0.6) is 0 Å². The summed E-state index contributed by atoms with van der Waals surface area (Å²) in [6.45, 7) is 4.68. The van der Waals surface area contributed by atoms with Crippen LogP contribution < -0.4 is 0 Å². The molecule has 0 aromatic heterocycles. The molecule has 3 nitrogen and oxygen atoms in total. The minimum absolute atomic E-state index is 0.168. The minimum Gasteiger partial charge on any atom is -0.463 e. The van der Waals surface area contributed by atoms with Crippen LogP contribution >= 0.6 is 0 Å². The number of fused-ring (bicyclic) bond motifs is 1. The summed E-state index contributed by atoms with van der Waals surface area (Å²) in [5, 5.41) is 0. The fourth-order valence-corrected chi connectivity index (χ4v) is 2.59. The number of rotatable bonds is 2. The van der Waals surface area contributed by atoms with Crippen LogP contribution in [0.15, 0.2) is 11.6 Å². The molecule has 2 aliphatic rings. The molecule has 2 aliphatic heterocycles. The zero-order chi connectivity index (χ0) is 10.7. The molecule has 0 amide bonds. The van der Waals surface area contributed by atoms with Gasteiger partial charge in [0, 0.05) is 18.7 Å². The molecule has 3 heteroatoms. The average molecular weight is 209 g/mol. The van der Waals surface area contributed by atoms with Gasteiger partial charge in [-0.05, 0) is 39.2 Å². The quantitative estimate of drug-likeness (QED) is 0.512. The standard InChI is InChI=1S/C12H19NO2/c1-2-15-12(14)9-10-5-7-13-6-3-4-11(13)8-10/h9,11H,2-8H2,1H3/b10-9+/t11-/m1/s1. The molecule has 0 aromatic rings. The van der Waals surface area contributed by atoms with Crippen molar-refractivity contribution in [2.75, 3.05) is 19.7 Å². The molecule has 2 fully saturated rings. The zero-order valence-electron chi connectivity index (χ0n) is 9.37. The van der Waals surface area contributed by atoms with E-state index in [1.807, 2.05) is 6.92 Å². The number of ether oxygens (including phenoxy) is 1. The Morgan fingerprint density at radius 2 is 2.47 bits per heavy atom. The van der Waals surface area contributed by atoms with Crippen LogP contribution in [0.25, 0.3) is 0 Å². The maximum absolute atomic E-state index is 11.3. The number of nitrogens with zero attached hydrogens (tertiary/aromatic N) is 1. The van der Waals surface area contributed by atoms with Crippen molar-refractivity contribution in [2.24, 2.45) is 0 Å². The summed E-state index contributed by atoms with van der Waals surface area (Å²) in [6.07, 6.45) is 6.42. The zero-order valence-corrected chi connectivity index (χ0v) is 9.37. The van der Waals surface area contributed by atoms with Crippen molar-refractivity contribution in [1.82, 2.24) is 4.90 Å². The van der Waals surface area contributed by atoms with Crippen molar-refractivity contribution < 1.29 is 9.53 Å². The Morgan fingerprint density at radius 3 is 3.27 bits per heavy atom. The third-order valence-electron chi connectivity index (χ3n) is 3.33. The highest BCUT2D eigenvalue weighted by atomic mass is 16.5. The number of esters is 1. The molecule has 0 N–H and O–H groups in total. The molecule has 0 unspecified atom stereocenters. The van der Waals surface area contributed by atoms with E-state index in [4.69, 9.17) is 4.74 Å². The highest BCUT2D eigenvalue weighted by Gasteiger charge is 2.28. The maximum atomic E-state index is 11.3. The minimum atomic E-state index is -0.168. The molecule has 0 radical (unpaired) electrons. The highest BCUT2D eigenvalue weighted by Crippen LogP contribution is 2.29. The Bertz CT molecular complexity index is 273. The van der Waals surface area contributed by atoms with Gasteiger partial charge in [-0.25, -0.2) is 4.79 Å². The SMILES string of the molecule is CCOC(=O)/C=C1\CCN2CCC[C@@H]2C1. The van der Waals surface area contributed by atoms with Gasteiger partial charge in [-0.3, -0.25) is 4.90 Å².